The average Bonchev–Trinajstić information content (AvgIpc) is 2.72. The first-order valence-electron chi connectivity index (χ1n) is 4.82. The standard InChI is InChI=1S/C9H13N3O2/c1-7-10-8(11-14-7)4-6-12-5-2-3-9(12)13/h2-6H2,1H3. The molecule has 0 atom stereocenters. The molecule has 1 aliphatic rings. The van der Waals surface area contributed by atoms with E-state index >= 15 is 0 Å². The lowest BCUT2D eigenvalue weighted by molar-refractivity contribution is -0.127. The second-order valence-corrected chi connectivity index (χ2v) is 3.46. The van der Waals surface area contributed by atoms with Crippen LogP contribution in [0.2, 0.25) is 0 Å². The molecule has 2 heterocycles. The van der Waals surface area contributed by atoms with Crippen molar-refractivity contribution in [1.29, 1.82) is 0 Å². The number of carbonyl (C=O) groups excluding carboxylic acids is 1. The highest BCUT2D eigenvalue weighted by atomic mass is 16.5. The number of hydrogen-bond acceptors (Lipinski definition) is 4. The van der Waals surface area contributed by atoms with Crippen LogP contribution in [0.25, 0.3) is 0 Å². The van der Waals surface area contributed by atoms with Crippen LogP contribution in [0.3, 0.4) is 0 Å². The van der Waals surface area contributed by atoms with Crippen LogP contribution in [-0.2, 0) is 11.2 Å². The number of carbonyl (C=O) groups is 1. The van der Waals surface area contributed by atoms with Crippen molar-refractivity contribution in [2.45, 2.75) is 26.2 Å². The Bertz CT molecular complexity index is 335. The topological polar surface area (TPSA) is 59.2 Å². The fraction of sp³-hybridized carbons (Fsp3) is 0.667. The molecule has 0 spiro atoms. The summed E-state index contributed by atoms with van der Waals surface area (Å²) in [5.41, 5.74) is 0. The number of aryl methyl sites for hydroxylation is 1. The van der Waals surface area contributed by atoms with Crippen molar-refractivity contribution >= 4 is 5.91 Å². The van der Waals surface area contributed by atoms with Crippen molar-refractivity contribution < 1.29 is 9.32 Å². The van der Waals surface area contributed by atoms with Gasteiger partial charge in [-0.25, -0.2) is 0 Å². The summed E-state index contributed by atoms with van der Waals surface area (Å²) >= 11 is 0. The van der Waals surface area contributed by atoms with E-state index in [0.717, 1.165) is 13.0 Å². The van der Waals surface area contributed by atoms with E-state index in [1.807, 2.05) is 4.90 Å². The highest BCUT2D eigenvalue weighted by Crippen LogP contribution is 2.09. The van der Waals surface area contributed by atoms with Gasteiger partial charge in [-0.05, 0) is 6.42 Å². The first-order valence-corrected chi connectivity index (χ1v) is 4.82. The lowest BCUT2D eigenvalue weighted by atomic mass is 10.4. The summed E-state index contributed by atoms with van der Waals surface area (Å²) in [5.74, 6) is 1.50. The molecule has 76 valence electrons. The quantitative estimate of drug-likeness (QED) is 0.706. The third-order valence-corrected chi connectivity index (χ3v) is 2.35. The van der Waals surface area contributed by atoms with Crippen LogP contribution in [0.4, 0.5) is 0 Å². The van der Waals surface area contributed by atoms with Crippen LogP contribution in [0.15, 0.2) is 4.52 Å². The number of likely N-dealkylation sites (tertiary alicyclic amines) is 1. The molecule has 1 amide bonds. The third-order valence-electron chi connectivity index (χ3n) is 2.35. The number of nitrogens with zero attached hydrogens (tertiary/aromatic N) is 3. The van der Waals surface area contributed by atoms with Gasteiger partial charge in [0, 0.05) is 32.9 Å². The first kappa shape index (κ1) is 9.18. The Kier molecular flexibility index (Phi) is 2.47. The van der Waals surface area contributed by atoms with Gasteiger partial charge in [0.05, 0.1) is 0 Å². The van der Waals surface area contributed by atoms with E-state index in [1.165, 1.54) is 0 Å². The monoisotopic (exact) mass is 195 g/mol. The van der Waals surface area contributed by atoms with E-state index in [9.17, 15) is 4.79 Å². The predicted molar refractivity (Wildman–Crippen MR) is 48.6 cm³/mol. The Hall–Kier alpha value is -1.39. The molecule has 2 rings (SSSR count). The molecule has 0 N–H and O–H groups in total. The smallest absolute Gasteiger partial charge is 0.223 e. The van der Waals surface area contributed by atoms with Crippen molar-refractivity contribution in [3.63, 3.8) is 0 Å². The largest absolute Gasteiger partial charge is 0.342 e. The van der Waals surface area contributed by atoms with Crippen LogP contribution in [0.1, 0.15) is 24.6 Å². The average molecular weight is 195 g/mol. The predicted octanol–water partition coefficient (Wildman–Crippen LogP) is 0.543. The molecule has 1 aromatic rings. The normalized spacial score (nSPS) is 16.6. The fourth-order valence-corrected chi connectivity index (χ4v) is 1.62. The molecule has 0 saturated carbocycles. The van der Waals surface area contributed by atoms with Crippen LogP contribution in [0, 0.1) is 6.92 Å². The van der Waals surface area contributed by atoms with Crippen molar-refractivity contribution in [2.75, 3.05) is 13.1 Å². The van der Waals surface area contributed by atoms with E-state index in [4.69, 9.17) is 4.52 Å². The van der Waals surface area contributed by atoms with Gasteiger partial charge in [0.15, 0.2) is 5.82 Å². The van der Waals surface area contributed by atoms with Gasteiger partial charge in [-0.3, -0.25) is 4.79 Å². The first-order chi connectivity index (χ1) is 6.75. The molecule has 5 nitrogen and oxygen atoms in total. The zero-order valence-electron chi connectivity index (χ0n) is 8.19. The molecule has 1 aliphatic heterocycles. The summed E-state index contributed by atoms with van der Waals surface area (Å²) < 4.78 is 4.84. The van der Waals surface area contributed by atoms with Gasteiger partial charge in [0.2, 0.25) is 11.8 Å². The third kappa shape index (κ3) is 1.92. The van der Waals surface area contributed by atoms with Gasteiger partial charge in [0.1, 0.15) is 0 Å². The molecular formula is C9H13N3O2. The van der Waals surface area contributed by atoms with E-state index in [1.54, 1.807) is 6.92 Å². The van der Waals surface area contributed by atoms with Crippen molar-refractivity contribution in [3.05, 3.63) is 11.7 Å². The summed E-state index contributed by atoms with van der Waals surface area (Å²) in [5, 5.41) is 3.78. The number of hydrogen-bond donors (Lipinski definition) is 0. The van der Waals surface area contributed by atoms with Gasteiger partial charge >= 0.3 is 0 Å². The molecule has 1 aromatic heterocycles. The maximum Gasteiger partial charge on any atom is 0.223 e. The Morgan fingerprint density at radius 2 is 2.43 bits per heavy atom. The Morgan fingerprint density at radius 1 is 1.57 bits per heavy atom. The lowest BCUT2D eigenvalue weighted by Crippen LogP contribution is -2.27. The second kappa shape index (κ2) is 3.77. The highest BCUT2D eigenvalue weighted by molar-refractivity contribution is 5.78. The molecule has 0 bridgehead atoms. The molecule has 14 heavy (non-hydrogen) atoms. The van der Waals surface area contributed by atoms with Gasteiger partial charge in [-0.1, -0.05) is 5.16 Å². The van der Waals surface area contributed by atoms with E-state index < -0.39 is 0 Å². The second-order valence-electron chi connectivity index (χ2n) is 3.46. The van der Waals surface area contributed by atoms with Gasteiger partial charge < -0.3 is 9.42 Å². The molecule has 1 fully saturated rings. The summed E-state index contributed by atoms with van der Waals surface area (Å²) in [6.07, 6.45) is 2.35. The maximum atomic E-state index is 11.3. The number of aromatic nitrogens is 2. The number of amides is 1. The van der Waals surface area contributed by atoms with Crippen LogP contribution in [0.5, 0.6) is 0 Å². The summed E-state index contributed by atoms with van der Waals surface area (Å²) in [6.45, 7) is 3.34. The van der Waals surface area contributed by atoms with E-state index in [2.05, 4.69) is 10.1 Å². The zero-order valence-corrected chi connectivity index (χ0v) is 8.19. The van der Waals surface area contributed by atoms with Crippen molar-refractivity contribution in [3.8, 4) is 0 Å². The molecule has 5 heteroatoms. The van der Waals surface area contributed by atoms with Gasteiger partial charge in [0.25, 0.3) is 0 Å². The number of rotatable bonds is 3. The maximum absolute atomic E-state index is 11.3. The molecule has 0 aromatic carbocycles. The summed E-state index contributed by atoms with van der Waals surface area (Å²) in [7, 11) is 0. The Labute approximate surface area is 82.1 Å². The minimum Gasteiger partial charge on any atom is -0.342 e. The molecule has 0 radical (unpaired) electrons. The van der Waals surface area contributed by atoms with E-state index in [0.29, 0.717) is 31.1 Å². The molecule has 0 unspecified atom stereocenters. The zero-order chi connectivity index (χ0) is 9.97. The lowest BCUT2D eigenvalue weighted by Gasteiger charge is -2.13. The Morgan fingerprint density at radius 3 is 3.00 bits per heavy atom. The van der Waals surface area contributed by atoms with Crippen LogP contribution >= 0.6 is 0 Å². The SMILES string of the molecule is Cc1nc(CCN2CCCC2=O)no1. The van der Waals surface area contributed by atoms with Gasteiger partial charge in [-0.15, -0.1) is 0 Å². The van der Waals surface area contributed by atoms with Crippen LogP contribution < -0.4 is 0 Å². The van der Waals surface area contributed by atoms with Gasteiger partial charge in [-0.2, -0.15) is 4.98 Å². The summed E-state index contributed by atoms with van der Waals surface area (Å²) in [4.78, 5) is 17.2. The van der Waals surface area contributed by atoms with Crippen molar-refractivity contribution in [2.24, 2.45) is 0 Å². The van der Waals surface area contributed by atoms with Crippen molar-refractivity contribution in [1.82, 2.24) is 15.0 Å². The van der Waals surface area contributed by atoms with E-state index in [-0.39, 0.29) is 5.91 Å². The molecular weight excluding hydrogens is 182 g/mol. The molecule has 0 aliphatic carbocycles. The minimum absolute atomic E-state index is 0.241. The Balaban J connectivity index is 1.85. The minimum atomic E-state index is 0.241. The summed E-state index contributed by atoms with van der Waals surface area (Å²) in [6, 6.07) is 0. The highest BCUT2D eigenvalue weighted by Gasteiger charge is 2.19. The van der Waals surface area contributed by atoms with Crippen LogP contribution in [-0.4, -0.2) is 34.0 Å². The molecule has 1 saturated heterocycles. The fourth-order valence-electron chi connectivity index (χ4n) is 1.62.